The molecule has 0 aromatic heterocycles. The maximum absolute atomic E-state index is 5.67. The lowest BCUT2D eigenvalue weighted by Crippen LogP contribution is -1.70. The molecule has 0 radical (unpaired) electrons. The topological polar surface area (TPSA) is 0 Å². The first-order valence-corrected chi connectivity index (χ1v) is 4.78. The first-order valence-electron chi connectivity index (χ1n) is 4.02. The van der Waals surface area contributed by atoms with Gasteiger partial charge in [0.05, 0.1) is 0 Å². The molecule has 1 aromatic carbocycles. The van der Waals surface area contributed by atoms with E-state index in [1.807, 2.05) is 19.1 Å². The zero-order valence-electron chi connectivity index (χ0n) is 7.70. The molecule has 0 N–H and O–H groups in total. The quantitative estimate of drug-likeness (QED) is 0.574. The van der Waals surface area contributed by atoms with Crippen LogP contribution in [0.2, 0.25) is 10.0 Å². The largest absolute Gasteiger partial charge is 0.0843 e. The van der Waals surface area contributed by atoms with Crippen LogP contribution in [-0.2, 0) is 0 Å². The third-order valence-corrected chi connectivity index (χ3v) is 1.44. The van der Waals surface area contributed by atoms with Crippen molar-refractivity contribution in [1.82, 2.24) is 0 Å². The molecule has 1 rings (SSSR count). The van der Waals surface area contributed by atoms with Crippen LogP contribution in [0, 0.1) is 6.92 Å². The molecule has 12 heavy (non-hydrogen) atoms. The van der Waals surface area contributed by atoms with E-state index >= 15 is 0 Å². The van der Waals surface area contributed by atoms with Crippen LogP contribution in [0.25, 0.3) is 0 Å². The second kappa shape index (κ2) is 6.33. The van der Waals surface area contributed by atoms with Gasteiger partial charge in [-0.2, -0.15) is 0 Å². The monoisotopic (exact) mass is 204 g/mol. The standard InChI is InChI=1S/C7H6Cl2.C3H8/c1-5-2-6(8)4-7(9)3-5;1-3-2/h2-4H,1H3;3H2,1-2H3. The van der Waals surface area contributed by atoms with Crippen molar-refractivity contribution in [1.29, 1.82) is 0 Å². The Morgan fingerprint density at radius 1 is 1.00 bits per heavy atom. The normalized spacial score (nSPS) is 8.75. The summed E-state index contributed by atoms with van der Waals surface area (Å²) < 4.78 is 0. The molecule has 0 fully saturated rings. The van der Waals surface area contributed by atoms with E-state index in [1.54, 1.807) is 6.07 Å². The maximum Gasteiger partial charge on any atom is 0.0423 e. The summed E-state index contributed by atoms with van der Waals surface area (Å²) in [7, 11) is 0. The van der Waals surface area contributed by atoms with E-state index in [0.29, 0.717) is 10.0 Å². The van der Waals surface area contributed by atoms with Crippen molar-refractivity contribution >= 4 is 23.2 Å². The van der Waals surface area contributed by atoms with E-state index in [2.05, 4.69) is 13.8 Å². The van der Waals surface area contributed by atoms with Crippen LogP contribution >= 0.6 is 23.2 Å². The van der Waals surface area contributed by atoms with Crippen LogP contribution in [0.15, 0.2) is 18.2 Å². The molecule has 0 atom stereocenters. The van der Waals surface area contributed by atoms with Crippen LogP contribution in [0.3, 0.4) is 0 Å². The summed E-state index contributed by atoms with van der Waals surface area (Å²) in [5.74, 6) is 0. The van der Waals surface area contributed by atoms with E-state index < -0.39 is 0 Å². The lowest BCUT2D eigenvalue weighted by atomic mass is 10.2. The third-order valence-electron chi connectivity index (χ3n) is 1.01. The lowest BCUT2D eigenvalue weighted by molar-refractivity contribution is 1.09. The number of benzene rings is 1. The van der Waals surface area contributed by atoms with Gasteiger partial charge in [0.25, 0.3) is 0 Å². The van der Waals surface area contributed by atoms with Gasteiger partial charge in [-0.1, -0.05) is 43.5 Å². The molecule has 0 aliphatic rings. The molecule has 0 saturated carbocycles. The Morgan fingerprint density at radius 3 is 1.58 bits per heavy atom. The summed E-state index contributed by atoms with van der Waals surface area (Å²) in [5, 5.41) is 1.39. The SMILES string of the molecule is CCC.Cc1cc(Cl)cc(Cl)c1. The minimum atomic E-state index is 0.694. The molecular formula is C10H14Cl2. The average Bonchev–Trinajstić information content (AvgIpc) is 1.84. The van der Waals surface area contributed by atoms with Gasteiger partial charge in [-0.05, 0) is 30.7 Å². The first-order chi connectivity index (χ1) is 5.60. The van der Waals surface area contributed by atoms with Gasteiger partial charge in [0.1, 0.15) is 0 Å². The predicted molar refractivity (Wildman–Crippen MR) is 57.2 cm³/mol. The Bertz CT molecular complexity index is 181. The number of rotatable bonds is 0. The number of hydrogen-bond acceptors (Lipinski definition) is 0. The zero-order chi connectivity index (χ0) is 9.56. The molecule has 0 unspecified atom stereocenters. The molecule has 68 valence electrons. The Morgan fingerprint density at radius 2 is 1.33 bits per heavy atom. The molecule has 1 aromatic rings. The van der Waals surface area contributed by atoms with Gasteiger partial charge in [0.15, 0.2) is 0 Å². The number of aryl methyl sites for hydroxylation is 1. The highest BCUT2D eigenvalue weighted by Gasteiger charge is 1.90. The predicted octanol–water partition coefficient (Wildman–Crippen LogP) is 4.72. The highest BCUT2D eigenvalue weighted by Crippen LogP contribution is 2.17. The van der Waals surface area contributed by atoms with Crippen molar-refractivity contribution in [2.45, 2.75) is 27.2 Å². The van der Waals surface area contributed by atoms with Crippen LogP contribution in [0.5, 0.6) is 0 Å². The zero-order valence-corrected chi connectivity index (χ0v) is 9.21. The Balaban J connectivity index is 0.000000354. The summed E-state index contributed by atoms with van der Waals surface area (Å²) in [4.78, 5) is 0. The van der Waals surface area contributed by atoms with Crippen molar-refractivity contribution in [3.8, 4) is 0 Å². The van der Waals surface area contributed by atoms with Crippen molar-refractivity contribution in [2.75, 3.05) is 0 Å². The van der Waals surface area contributed by atoms with E-state index in [4.69, 9.17) is 23.2 Å². The molecule has 0 aliphatic carbocycles. The average molecular weight is 205 g/mol. The minimum absolute atomic E-state index is 0.694. The van der Waals surface area contributed by atoms with Gasteiger partial charge in [0, 0.05) is 10.0 Å². The highest BCUT2D eigenvalue weighted by atomic mass is 35.5. The lowest BCUT2D eigenvalue weighted by Gasteiger charge is -1.93. The summed E-state index contributed by atoms with van der Waals surface area (Å²) in [6.45, 7) is 6.21. The van der Waals surface area contributed by atoms with E-state index in [0.717, 1.165) is 5.56 Å². The fraction of sp³-hybridized carbons (Fsp3) is 0.400. The van der Waals surface area contributed by atoms with Crippen molar-refractivity contribution in [3.05, 3.63) is 33.8 Å². The molecule has 0 nitrogen and oxygen atoms in total. The van der Waals surface area contributed by atoms with Gasteiger partial charge in [-0.15, -0.1) is 0 Å². The minimum Gasteiger partial charge on any atom is -0.0843 e. The molecule has 0 amide bonds. The second-order valence-electron chi connectivity index (χ2n) is 2.65. The molecular weight excluding hydrogens is 191 g/mol. The van der Waals surface area contributed by atoms with Crippen LogP contribution in [0.4, 0.5) is 0 Å². The number of halogens is 2. The van der Waals surface area contributed by atoms with Gasteiger partial charge in [-0.3, -0.25) is 0 Å². The maximum atomic E-state index is 5.67. The number of hydrogen-bond donors (Lipinski definition) is 0. The van der Waals surface area contributed by atoms with Gasteiger partial charge in [-0.25, -0.2) is 0 Å². The van der Waals surface area contributed by atoms with Gasteiger partial charge >= 0.3 is 0 Å². The Labute approximate surface area is 84.5 Å². The molecule has 0 saturated heterocycles. The second-order valence-corrected chi connectivity index (χ2v) is 3.53. The summed E-state index contributed by atoms with van der Waals surface area (Å²) in [6, 6.07) is 5.46. The van der Waals surface area contributed by atoms with Crippen molar-refractivity contribution in [3.63, 3.8) is 0 Å². The Kier molecular flexibility index (Phi) is 6.23. The van der Waals surface area contributed by atoms with Gasteiger partial charge < -0.3 is 0 Å². The fourth-order valence-corrected chi connectivity index (χ4v) is 1.33. The highest BCUT2D eigenvalue weighted by molar-refractivity contribution is 6.34. The fourth-order valence-electron chi connectivity index (χ4n) is 0.692. The van der Waals surface area contributed by atoms with Crippen LogP contribution in [-0.4, -0.2) is 0 Å². The smallest absolute Gasteiger partial charge is 0.0423 e. The van der Waals surface area contributed by atoms with E-state index in [1.165, 1.54) is 6.42 Å². The van der Waals surface area contributed by atoms with Crippen molar-refractivity contribution < 1.29 is 0 Å². The summed E-state index contributed by atoms with van der Waals surface area (Å²) in [6.07, 6.45) is 1.25. The molecule has 0 aliphatic heterocycles. The molecule has 0 bridgehead atoms. The Hall–Kier alpha value is -0.200. The van der Waals surface area contributed by atoms with Gasteiger partial charge in [0.2, 0.25) is 0 Å². The molecule has 2 heteroatoms. The van der Waals surface area contributed by atoms with Crippen LogP contribution in [0.1, 0.15) is 25.8 Å². The molecule has 0 spiro atoms. The van der Waals surface area contributed by atoms with E-state index in [9.17, 15) is 0 Å². The van der Waals surface area contributed by atoms with Crippen molar-refractivity contribution in [2.24, 2.45) is 0 Å². The third kappa shape index (κ3) is 5.45. The summed E-state index contributed by atoms with van der Waals surface area (Å²) in [5.41, 5.74) is 1.09. The molecule has 0 heterocycles. The first kappa shape index (κ1) is 11.8. The van der Waals surface area contributed by atoms with E-state index in [-0.39, 0.29) is 0 Å². The summed E-state index contributed by atoms with van der Waals surface area (Å²) >= 11 is 11.3. The van der Waals surface area contributed by atoms with Crippen LogP contribution < -0.4 is 0 Å².